The Morgan fingerprint density at radius 1 is 1.25 bits per heavy atom. The van der Waals surface area contributed by atoms with Gasteiger partial charge in [0.25, 0.3) is 11.6 Å². The maximum Gasteiger partial charge on any atom is 0.282 e. The summed E-state index contributed by atoms with van der Waals surface area (Å²) in [4.78, 5) is 22.4. The number of hydrogen-bond donors (Lipinski definition) is 1. The Hall–Kier alpha value is -3.48. The number of rotatable bonds is 7. The van der Waals surface area contributed by atoms with E-state index in [9.17, 15) is 14.9 Å². The van der Waals surface area contributed by atoms with Crippen molar-refractivity contribution >= 4 is 17.8 Å². The number of nitro groups is 1. The van der Waals surface area contributed by atoms with Gasteiger partial charge < -0.3 is 4.74 Å². The predicted octanol–water partition coefficient (Wildman–Crippen LogP) is 2.92. The van der Waals surface area contributed by atoms with Gasteiger partial charge in [-0.2, -0.15) is 5.10 Å². The number of ether oxygens (including phenoxy) is 1. The predicted molar refractivity (Wildman–Crippen MR) is 90.3 cm³/mol. The lowest BCUT2D eigenvalue weighted by Crippen LogP contribution is -2.19. The molecule has 0 fully saturated rings. The molecule has 1 N–H and O–H groups in total. The number of carbonyl (C=O) groups is 1. The van der Waals surface area contributed by atoms with Crippen molar-refractivity contribution in [1.29, 1.82) is 0 Å². The summed E-state index contributed by atoms with van der Waals surface area (Å²) in [6.45, 7) is 3.92. The molecule has 0 saturated heterocycles. The van der Waals surface area contributed by atoms with Crippen LogP contribution >= 0.6 is 0 Å². The minimum Gasteiger partial charge on any atom is -0.489 e. The van der Waals surface area contributed by atoms with Crippen LogP contribution in [-0.2, 0) is 0 Å². The van der Waals surface area contributed by atoms with E-state index in [2.05, 4.69) is 17.1 Å². The van der Waals surface area contributed by atoms with Crippen molar-refractivity contribution in [2.75, 3.05) is 6.61 Å². The lowest BCUT2D eigenvalue weighted by Gasteiger charge is -2.06. The van der Waals surface area contributed by atoms with Crippen molar-refractivity contribution in [1.82, 2.24) is 5.43 Å². The van der Waals surface area contributed by atoms with Crippen molar-refractivity contribution in [3.05, 3.63) is 82.4 Å². The summed E-state index contributed by atoms with van der Waals surface area (Å²) >= 11 is 0. The van der Waals surface area contributed by atoms with Gasteiger partial charge in [0.2, 0.25) is 0 Å². The number of para-hydroxylation sites is 2. The Balaban J connectivity index is 2.11. The molecule has 122 valence electrons. The van der Waals surface area contributed by atoms with Crippen LogP contribution < -0.4 is 10.2 Å². The molecule has 0 unspecified atom stereocenters. The summed E-state index contributed by atoms with van der Waals surface area (Å²) in [6.07, 6.45) is 3.02. The van der Waals surface area contributed by atoms with Crippen molar-refractivity contribution in [2.45, 2.75) is 0 Å². The zero-order valence-corrected chi connectivity index (χ0v) is 12.7. The summed E-state index contributed by atoms with van der Waals surface area (Å²) in [5, 5.41) is 14.8. The SMILES string of the molecule is C=CCOc1ccccc1/C=N/NC(=O)c1ccccc1[N+](=O)[O-]. The van der Waals surface area contributed by atoms with E-state index in [1.54, 1.807) is 30.3 Å². The minimum atomic E-state index is -0.664. The minimum absolute atomic E-state index is 0.0594. The number of nitro benzene ring substituents is 1. The highest BCUT2D eigenvalue weighted by Gasteiger charge is 2.18. The Kier molecular flexibility index (Phi) is 5.79. The molecule has 2 rings (SSSR count). The van der Waals surface area contributed by atoms with E-state index in [0.717, 1.165) is 0 Å². The fourth-order valence-corrected chi connectivity index (χ4v) is 1.91. The molecule has 1 amide bonds. The van der Waals surface area contributed by atoms with Gasteiger partial charge in [-0.3, -0.25) is 14.9 Å². The van der Waals surface area contributed by atoms with Gasteiger partial charge in [0.1, 0.15) is 17.9 Å². The van der Waals surface area contributed by atoms with E-state index < -0.39 is 10.8 Å². The van der Waals surface area contributed by atoms with E-state index in [-0.39, 0.29) is 11.3 Å². The number of benzene rings is 2. The third kappa shape index (κ3) is 4.26. The molecule has 0 aliphatic carbocycles. The highest BCUT2D eigenvalue weighted by Crippen LogP contribution is 2.18. The van der Waals surface area contributed by atoms with Gasteiger partial charge >= 0.3 is 0 Å². The number of amides is 1. The smallest absolute Gasteiger partial charge is 0.282 e. The molecule has 0 bridgehead atoms. The van der Waals surface area contributed by atoms with Gasteiger partial charge in [0.05, 0.1) is 11.1 Å². The normalized spacial score (nSPS) is 10.3. The molecule has 7 nitrogen and oxygen atoms in total. The van der Waals surface area contributed by atoms with Crippen LogP contribution in [0.2, 0.25) is 0 Å². The first kappa shape index (κ1) is 16.9. The van der Waals surface area contributed by atoms with E-state index in [1.807, 2.05) is 6.07 Å². The second-order valence-electron chi connectivity index (χ2n) is 4.61. The standard InChI is InChI=1S/C17H15N3O4/c1-2-11-24-16-10-6-3-7-13(16)12-18-19-17(21)14-8-4-5-9-15(14)20(22)23/h2-10,12H,1,11H2,(H,19,21)/b18-12+. The van der Waals surface area contributed by atoms with Crippen molar-refractivity contribution in [3.8, 4) is 5.75 Å². The Bertz CT molecular complexity index is 787. The summed E-state index contributed by atoms with van der Waals surface area (Å²) in [7, 11) is 0. The van der Waals surface area contributed by atoms with Gasteiger partial charge in [0.15, 0.2) is 0 Å². The molecule has 0 spiro atoms. The van der Waals surface area contributed by atoms with Crippen LogP contribution in [0.25, 0.3) is 0 Å². The number of hydrogen-bond acceptors (Lipinski definition) is 5. The van der Waals surface area contributed by atoms with Crippen LogP contribution in [0.3, 0.4) is 0 Å². The molecular formula is C17H15N3O4. The quantitative estimate of drug-likeness (QED) is 0.366. The number of hydrazone groups is 1. The third-order valence-electron chi connectivity index (χ3n) is 2.99. The van der Waals surface area contributed by atoms with Crippen LogP contribution in [0, 0.1) is 10.1 Å². The highest BCUT2D eigenvalue weighted by molar-refractivity contribution is 5.98. The molecule has 7 heteroatoms. The Morgan fingerprint density at radius 3 is 2.71 bits per heavy atom. The van der Waals surface area contributed by atoms with Crippen LogP contribution in [0.5, 0.6) is 5.75 Å². The number of carbonyl (C=O) groups excluding carboxylic acids is 1. The summed E-state index contributed by atoms with van der Waals surface area (Å²) in [5.74, 6) is -0.0795. The molecule has 0 aromatic heterocycles. The highest BCUT2D eigenvalue weighted by atomic mass is 16.6. The third-order valence-corrected chi connectivity index (χ3v) is 2.99. The second kappa shape index (κ2) is 8.23. The fraction of sp³-hybridized carbons (Fsp3) is 0.0588. The van der Waals surface area contributed by atoms with Gasteiger partial charge in [0, 0.05) is 11.6 Å². The van der Waals surface area contributed by atoms with E-state index >= 15 is 0 Å². The first-order chi connectivity index (χ1) is 11.6. The molecule has 24 heavy (non-hydrogen) atoms. The Labute approximate surface area is 138 Å². The first-order valence-corrected chi connectivity index (χ1v) is 7.03. The lowest BCUT2D eigenvalue weighted by molar-refractivity contribution is -0.385. The summed E-state index contributed by atoms with van der Waals surface area (Å²) in [6, 6.07) is 12.8. The number of nitrogens with zero attached hydrogens (tertiary/aromatic N) is 2. The van der Waals surface area contributed by atoms with E-state index in [1.165, 1.54) is 24.4 Å². The fourth-order valence-electron chi connectivity index (χ4n) is 1.91. The van der Waals surface area contributed by atoms with Gasteiger partial charge in [-0.25, -0.2) is 5.43 Å². The first-order valence-electron chi connectivity index (χ1n) is 7.03. The number of nitrogens with one attached hydrogen (secondary N) is 1. The maximum absolute atomic E-state index is 12.0. The Morgan fingerprint density at radius 2 is 1.96 bits per heavy atom. The molecule has 0 radical (unpaired) electrons. The second-order valence-corrected chi connectivity index (χ2v) is 4.61. The van der Waals surface area contributed by atoms with Crippen LogP contribution in [-0.4, -0.2) is 23.7 Å². The summed E-state index contributed by atoms with van der Waals surface area (Å²) < 4.78 is 5.47. The van der Waals surface area contributed by atoms with Crippen LogP contribution in [0.1, 0.15) is 15.9 Å². The van der Waals surface area contributed by atoms with Crippen molar-refractivity contribution in [2.24, 2.45) is 5.10 Å². The molecule has 0 aliphatic rings. The van der Waals surface area contributed by atoms with Crippen LogP contribution in [0.4, 0.5) is 5.69 Å². The zero-order valence-electron chi connectivity index (χ0n) is 12.7. The average molecular weight is 325 g/mol. The average Bonchev–Trinajstić information content (AvgIpc) is 2.60. The molecule has 2 aromatic carbocycles. The van der Waals surface area contributed by atoms with Gasteiger partial charge in [-0.05, 0) is 18.2 Å². The van der Waals surface area contributed by atoms with Gasteiger partial charge in [-0.15, -0.1) is 0 Å². The monoisotopic (exact) mass is 325 g/mol. The van der Waals surface area contributed by atoms with Crippen molar-refractivity contribution < 1.29 is 14.5 Å². The molecule has 0 heterocycles. The molecule has 0 saturated carbocycles. The van der Waals surface area contributed by atoms with E-state index in [0.29, 0.717) is 17.9 Å². The molecule has 2 aromatic rings. The topological polar surface area (TPSA) is 93.8 Å². The molecule has 0 atom stereocenters. The van der Waals surface area contributed by atoms with Crippen LogP contribution in [0.15, 0.2) is 66.3 Å². The molecule has 0 aliphatic heterocycles. The molecular weight excluding hydrogens is 310 g/mol. The van der Waals surface area contributed by atoms with Gasteiger partial charge in [-0.1, -0.05) is 36.9 Å². The summed E-state index contributed by atoms with van der Waals surface area (Å²) in [5.41, 5.74) is 2.59. The largest absolute Gasteiger partial charge is 0.489 e. The maximum atomic E-state index is 12.0. The lowest BCUT2D eigenvalue weighted by atomic mass is 10.2. The van der Waals surface area contributed by atoms with E-state index in [4.69, 9.17) is 4.74 Å². The van der Waals surface area contributed by atoms with Crippen molar-refractivity contribution in [3.63, 3.8) is 0 Å². The zero-order chi connectivity index (χ0) is 17.4.